The molecule has 3 rings (SSSR count). The highest BCUT2D eigenvalue weighted by Gasteiger charge is 2.33. The molecular formula is C18H25N3O4S2. The third-order valence-electron chi connectivity index (χ3n) is 4.54. The van der Waals surface area contributed by atoms with Crippen molar-refractivity contribution in [3.05, 3.63) is 24.3 Å². The molecule has 0 radical (unpaired) electrons. The van der Waals surface area contributed by atoms with Crippen LogP contribution in [0.1, 0.15) is 13.3 Å². The molecule has 2 aliphatic rings. The quantitative estimate of drug-likeness (QED) is 0.573. The molecule has 1 aromatic carbocycles. The molecule has 0 N–H and O–H groups in total. The molecule has 7 nitrogen and oxygen atoms in total. The molecule has 1 aromatic rings. The predicted molar refractivity (Wildman–Crippen MR) is 111 cm³/mol. The molecule has 0 spiro atoms. The molecule has 9 heteroatoms. The molecule has 2 fully saturated rings. The predicted octanol–water partition coefficient (Wildman–Crippen LogP) is 3.26. The average molecular weight is 412 g/mol. The molecule has 0 unspecified atom stereocenters. The summed E-state index contributed by atoms with van der Waals surface area (Å²) >= 11 is 5.74. The molecular weight excluding hydrogens is 386 g/mol. The van der Waals surface area contributed by atoms with Crippen molar-refractivity contribution in [3.63, 3.8) is 0 Å². The molecule has 2 heterocycles. The number of carbonyl (C=O) groups is 2. The summed E-state index contributed by atoms with van der Waals surface area (Å²) in [6.07, 6.45) is 0.361. The largest absolute Gasteiger partial charge is 0.441 e. The first-order valence-electron chi connectivity index (χ1n) is 9.12. The van der Waals surface area contributed by atoms with Crippen LogP contribution in [0.15, 0.2) is 24.3 Å². The van der Waals surface area contributed by atoms with Gasteiger partial charge in [-0.3, -0.25) is 14.5 Å². The first kappa shape index (κ1) is 20.2. The molecule has 1 atom stereocenters. The van der Waals surface area contributed by atoms with E-state index in [2.05, 4.69) is 29.7 Å². The molecule has 0 aliphatic carbocycles. The van der Waals surface area contributed by atoms with E-state index in [1.54, 1.807) is 11.8 Å². The lowest BCUT2D eigenvalue weighted by Gasteiger charge is -2.23. The van der Waals surface area contributed by atoms with Gasteiger partial charge in [0.15, 0.2) is 0 Å². The van der Waals surface area contributed by atoms with E-state index in [-0.39, 0.29) is 6.61 Å². The van der Waals surface area contributed by atoms with Gasteiger partial charge in [0.25, 0.3) is 0 Å². The van der Waals surface area contributed by atoms with E-state index in [9.17, 15) is 9.59 Å². The highest BCUT2D eigenvalue weighted by Crippen LogP contribution is 2.26. The number of ether oxygens (including phenoxy) is 1. The van der Waals surface area contributed by atoms with E-state index in [1.165, 1.54) is 17.9 Å². The molecule has 2 saturated heterocycles. The number of hydrogen-bond donors (Lipinski definition) is 1. The lowest BCUT2D eigenvalue weighted by Crippen LogP contribution is -2.32. The van der Waals surface area contributed by atoms with Gasteiger partial charge in [0, 0.05) is 36.8 Å². The van der Waals surface area contributed by atoms with Crippen molar-refractivity contribution in [2.75, 3.05) is 54.1 Å². The number of benzene rings is 1. The number of thiol groups is 1. The van der Waals surface area contributed by atoms with Crippen LogP contribution < -0.4 is 9.80 Å². The fourth-order valence-corrected chi connectivity index (χ4v) is 4.21. The maximum absolute atomic E-state index is 12.2. The maximum atomic E-state index is 12.2. The fraction of sp³-hybridized carbons (Fsp3) is 0.556. The Balaban J connectivity index is 1.58. The summed E-state index contributed by atoms with van der Waals surface area (Å²) in [7, 11) is 0. The van der Waals surface area contributed by atoms with Gasteiger partial charge in [-0.05, 0) is 43.4 Å². The van der Waals surface area contributed by atoms with Gasteiger partial charge in [0.2, 0.25) is 0 Å². The van der Waals surface area contributed by atoms with Crippen molar-refractivity contribution < 1.29 is 19.2 Å². The first-order valence-corrected chi connectivity index (χ1v) is 10.7. The Morgan fingerprint density at radius 3 is 2.74 bits per heavy atom. The number of cyclic esters (lactones) is 1. The monoisotopic (exact) mass is 411 g/mol. The summed E-state index contributed by atoms with van der Waals surface area (Å²) in [4.78, 5) is 32.8. The number of hydrogen-bond acceptors (Lipinski definition) is 6. The van der Waals surface area contributed by atoms with Gasteiger partial charge in [-0.15, -0.1) is 0 Å². The Hall–Kier alpha value is -1.58. The van der Waals surface area contributed by atoms with Gasteiger partial charge in [-0.1, -0.05) is 12.6 Å². The van der Waals surface area contributed by atoms with E-state index < -0.39 is 17.4 Å². The van der Waals surface area contributed by atoms with E-state index in [4.69, 9.17) is 9.57 Å². The summed E-state index contributed by atoms with van der Waals surface area (Å²) in [6, 6.07) is 8.02. The van der Waals surface area contributed by atoms with E-state index in [0.29, 0.717) is 13.1 Å². The number of thioether (sulfide) groups is 1. The van der Waals surface area contributed by atoms with Gasteiger partial charge < -0.3 is 9.64 Å². The zero-order chi connectivity index (χ0) is 19.2. The van der Waals surface area contributed by atoms with Crippen molar-refractivity contribution in [2.45, 2.75) is 19.4 Å². The minimum atomic E-state index is -0.471. The fourth-order valence-electron chi connectivity index (χ4n) is 3.12. The Morgan fingerprint density at radius 2 is 2.04 bits per heavy atom. The number of nitrogens with zero attached hydrogens (tertiary/aromatic N) is 3. The third-order valence-corrected chi connectivity index (χ3v) is 5.81. The SMILES string of the molecule is CCN(OC[C@@H]1CN(c2ccc(N3CCCSCC3)cc2)C(=O)O1)C(=O)S. The molecule has 2 amide bonds. The van der Waals surface area contributed by atoms with Crippen molar-refractivity contribution in [2.24, 2.45) is 0 Å². The Morgan fingerprint density at radius 1 is 1.30 bits per heavy atom. The molecule has 27 heavy (non-hydrogen) atoms. The number of carbonyl (C=O) groups excluding carboxylic acids is 2. The Kier molecular flexibility index (Phi) is 7.14. The number of rotatable bonds is 6. The van der Waals surface area contributed by atoms with Crippen LogP contribution in [-0.4, -0.2) is 66.8 Å². The molecule has 148 valence electrons. The second-order valence-corrected chi connectivity index (χ2v) is 7.97. The van der Waals surface area contributed by atoms with Crippen LogP contribution >= 0.6 is 24.4 Å². The van der Waals surface area contributed by atoms with Crippen LogP contribution in [-0.2, 0) is 9.57 Å². The van der Waals surface area contributed by atoms with E-state index in [0.717, 1.165) is 29.6 Å². The lowest BCUT2D eigenvalue weighted by molar-refractivity contribution is -0.126. The summed E-state index contributed by atoms with van der Waals surface area (Å²) < 4.78 is 5.35. The highest BCUT2D eigenvalue weighted by atomic mass is 32.2. The number of hydroxylamine groups is 2. The summed E-state index contributed by atoms with van der Waals surface area (Å²) in [5, 5.41) is 0.662. The second kappa shape index (κ2) is 9.57. The summed E-state index contributed by atoms with van der Waals surface area (Å²) in [5.74, 6) is 2.36. The molecule has 0 bridgehead atoms. The van der Waals surface area contributed by atoms with Crippen molar-refractivity contribution >= 4 is 47.1 Å². The van der Waals surface area contributed by atoms with Crippen molar-refractivity contribution in [1.29, 1.82) is 0 Å². The van der Waals surface area contributed by atoms with E-state index in [1.807, 2.05) is 23.9 Å². The van der Waals surface area contributed by atoms with Gasteiger partial charge >= 0.3 is 11.3 Å². The minimum absolute atomic E-state index is 0.117. The van der Waals surface area contributed by atoms with Crippen LogP contribution in [0, 0.1) is 0 Å². The smallest absolute Gasteiger partial charge is 0.414 e. The Bertz CT molecular complexity index is 651. The second-order valence-electron chi connectivity index (χ2n) is 6.36. The van der Waals surface area contributed by atoms with Crippen LogP contribution in [0.4, 0.5) is 21.0 Å². The van der Waals surface area contributed by atoms with Crippen molar-refractivity contribution in [3.8, 4) is 0 Å². The van der Waals surface area contributed by atoms with Crippen LogP contribution in [0.2, 0.25) is 0 Å². The van der Waals surface area contributed by atoms with Gasteiger partial charge in [-0.2, -0.15) is 11.8 Å². The Labute approximate surface area is 169 Å². The van der Waals surface area contributed by atoms with Crippen molar-refractivity contribution in [1.82, 2.24) is 5.06 Å². The van der Waals surface area contributed by atoms with E-state index >= 15 is 0 Å². The minimum Gasteiger partial charge on any atom is -0.441 e. The maximum Gasteiger partial charge on any atom is 0.414 e. The highest BCUT2D eigenvalue weighted by molar-refractivity contribution is 7.99. The lowest BCUT2D eigenvalue weighted by atomic mass is 10.2. The summed E-state index contributed by atoms with van der Waals surface area (Å²) in [6.45, 7) is 4.78. The van der Waals surface area contributed by atoms with Crippen LogP contribution in [0.3, 0.4) is 0 Å². The molecule has 0 saturated carbocycles. The first-order chi connectivity index (χ1) is 13.1. The third kappa shape index (κ3) is 5.24. The van der Waals surface area contributed by atoms with Gasteiger partial charge in [0.1, 0.15) is 12.7 Å². The number of amides is 2. The molecule has 2 aliphatic heterocycles. The van der Waals surface area contributed by atoms with Gasteiger partial charge in [-0.25, -0.2) is 9.86 Å². The topological polar surface area (TPSA) is 62.3 Å². The average Bonchev–Trinajstić information content (AvgIpc) is 2.86. The van der Waals surface area contributed by atoms with Crippen LogP contribution in [0.5, 0.6) is 0 Å². The number of anilines is 2. The normalized spacial score (nSPS) is 20.4. The standard InChI is InChI=1S/C18H25N3O4S2/c1-2-21(18(23)26)24-13-16-12-20(17(22)25-16)15-6-4-14(5-7-15)19-8-3-10-27-11-9-19/h4-7,16H,2-3,8-13H2,1H3,(H,23,26)/t16-/m0/s1. The molecule has 0 aromatic heterocycles. The zero-order valence-electron chi connectivity index (χ0n) is 15.4. The van der Waals surface area contributed by atoms with Crippen LogP contribution in [0.25, 0.3) is 0 Å². The van der Waals surface area contributed by atoms with Gasteiger partial charge in [0.05, 0.1) is 6.54 Å². The summed E-state index contributed by atoms with van der Waals surface area (Å²) in [5.41, 5.74) is 1.98. The zero-order valence-corrected chi connectivity index (χ0v) is 17.1.